The molecule has 2 aromatic heterocycles. The minimum Gasteiger partial charge on any atom is -0.384 e. The molecular formula is C12H16N6. The van der Waals surface area contributed by atoms with Gasteiger partial charge in [-0.15, -0.1) is 0 Å². The molecule has 3 heterocycles. The summed E-state index contributed by atoms with van der Waals surface area (Å²) >= 11 is 0. The predicted octanol–water partition coefficient (Wildman–Crippen LogP) is 0.838. The number of hydrogen-bond donors (Lipinski definition) is 1. The fraction of sp³-hybridized carbons (Fsp3) is 0.417. The molecular weight excluding hydrogens is 228 g/mol. The summed E-state index contributed by atoms with van der Waals surface area (Å²) in [4.78, 5) is 15.3. The summed E-state index contributed by atoms with van der Waals surface area (Å²) in [5.41, 5.74) is 5.82. The van der Waals surface area contributed by atoms with E-state index in [1.807, 2.05) is 25.4 Å². The lowest BCUT2D eigenvalue weighted by Crippen LogP contribution is -2.34. The van der Waals surface area contributed by atoms with Crippen molar-refractivity contribution in [2.45, 2.75) is 26.4 Å². The molecule has 0 radical (unpaired) electrons. The molecule has 0 atom stereocenters. The van der Waals surface area contributed by atoms with Crippen LogP contribution in [0.4, 0.5) is 11.6 Å². The average molecular weight is 244 g/mol. The first-order chi connectivity index (χ1) is 8.76. The second-order valence-electron chi connectivity index (χ2n) is 4.38. The number of fused-ring (bicyclic) bond motifs is 1. The molecule has 6 nitrogen and oxygen atoms in total. The zero-order valence-electron chi connectivity index (χ0n) is 10.4. The highest BCUT2D eigenvalue weighted by Gasteiger charge is 2.18. The maximum absolute atomic E-state index is 5.82. The van der Waals surface area contributed by atoms with E-state index in [9.17, 15) is 0 Å². The third-order valence-electron chi connectivity index (χ3n) is 3.16. The van der Waals surface area contributed by atoms with Crippen molar-refractivity contribution in [1.29, 1.82) is 0 Å². The monoisotopic (exact) mass is 244 g/mol. The van der Waals surface area contributed by atoms with Crippen LogP contribution in [0.5, 0.6) is 0 Å². The van der Waals surface area contributed by atoms with Crippen LogP contribution in [-0.4, -0.2) is 26.1 Å². The van der Waals surface area contributed by atoms with Crippen molar-refractivity contribution in [3.8, 4) is 0 Å². The second kappa shape index (κ2) is 4.29. The number of nitrogens with two attached hydrogens (primary N) is 1. The Balaban J connectivity index is 1.90. The van der Waals surface area contributed by atoms with Crippen LogP contribution in [0.3, 0.4) is 0 Å². The maximum atomic E-state index is 5.82. The van der Waals surface area contributed by atoms with Crippen molar-refractivity contribution in [2.75, 3.05) is 17.2 Å². The topological polar surface area (TPSA) is 72.9 Å². The average Bonchev–Trinajstić information content (AvgIpc) is 2.85. The van der Waals surface area contributed by atoms with Crippen LogP contribution in [0.2, 0.25) is 0 Å². The molecule has 0 aromatic carbocycles. The number of nitrogen functional groups attached to an aromatic ring is 1. The van der Waals surface area contributed by atoms with Gasteiger partial charge in [-0.2, -0.15) is 0 Å². The fourth-order valence-electron chi connectivity index (χ4n) is 2.19. The molecule has 3 rings (SSSR count). The quantitative estimate of drug-likeness (QED) is 0.847. The molecule has 94 valence electrons. The molecule has 0 unspecified atom stereocenters. The third kappa shape index (κ3) is 1.90. The zero-order valence-corrected chi connectivity index (χ0v) is 10.4. The maximum Gasteiger partial charge on any atom is 0.134 e. The summed E-state index contributed by atoms with van der Waals surface area (Å²) in [5.74, 6) is 3.29. The molecule has 6 heteroatoms. The van der Waals surface area contributed by atoms with Crippen molar-refractivity contribution in [1.82, 2.24) is 19.5 Å². The van der Waals surface area contributed by atoms with Gasteiger partial charge in [0.25, 0.3) is 0 Å². The van der Waals surface area contributed by atoms with Gasteiger partial charge < -0.3 is 15.2 Å². The van der Waals surface area contributed by atoms with E-state index < -0.39 is 0 Å². The Morgan fingerprint density at radius 3 is 3.06 bits per heavy atom. The lowest BCUT2D eigenvalue weighted by Gasteiger charge is -2.28. The van der Waals surface area contributed by atoms with Gasteiger partial charge in [-0.25, -0.2) is 15.0 Å². The molecule has 0 spiro atoms. The Kier molecular flexibility index (Phi) is 2.62. The van der Waals surface area contributed by atoms with Gasteiger partial charge in [-0.05, 0) is 0 Å². The fourth-order valence-corrected chi connectivity index (χ4v) is 2.19. The number of aryl methyl sites for hydroxylation is 1. The highest BCUT2D eigenvalue weighted by molar-refractivity contribution is 5.47. The van der Waals surface area contributed by atoms with E-state index in [2.05, 4.69) is 24.4 Å². The molecule has 18 heavy (non-hydrogen) atoms. The van der Waals surface area contributed by atoms with Crippen LogP contribution in [0.25, 0.3) is 0 Å². The van der Waals surface area contributed by atoms with Gasteiger partial charge >= 0.3 is 0 Å². The van der Waals surface area contributed by atoms with Gasteiger partial charge in [-0.3, -0.25) is 0 Å². The lowest BCUT2D eigenvalue weighted by atomic mass is 10.3. The Bertz CT molecular complexity index is 561. The Morgan fingerprint density at radius 1 is 1.33 bits per heavy atom. The van der Waals surface area contributed by atoms with Gasteiger partial charge in [-0.1, -0.05) is 6.92 Å². The van der Waals surface area contributed by atoms with Crippen LogP contribution in [0, 0.1) is 0 Å². The highest BCUT2D eigenvalue weighted by atomic mass is 15.3. The van der Waals surface area contributed by atoms with E-state index in [1.165, 1.54) is 0 Å². The molecule has 2 N–H and O–H groups in total. The van der Waals surface area contributed by atoms with E-state index in [1.54, 1.807) is 0 Å². The summed E-state index contributed by atoms with van der Waals surface area (Å²) < 4.78 is 2.17. The molecule has 0 amide bonds. The van der Waals surface area contributed by atoms with E-state index in [4.69, 9.17) is 5.73 Å². The van der Waals surface area contributed by atoms with E-state index >= 15 is 0 Å². The first-order valence-corrected chi connectivity index (χ1v) is 6.14. The largest absolute Gasteiger partial charge is 0.384 e. The van der Waals surface area contributed by atoms with Gasteiger partial charge in [0.15, 0.2) is 0 Å². The molecule has 0 aliphatic carbocycles. The number of hydrogen-bond acceptors (Lipinski definition) is 5. The number of anilines is 2. The second-order valence-corrected chi connectivity index (χ2v) is 4.38. The number of rotatable bonds is 2. The standard InChI is InChI=1S/C12H16N6/c1-2-10-15-9(13)7-11(16-10)18-6-5-17-4-3-14-12(17)8-18/h3-4,7H,2,5-6,8H2,1H3,(H2,13,15,16). The molecule has 0 saturated carbocycles. The Labute approximate surface area is 105 Å². The number of imidazole rings is 1. The lowest BCUT2D eigenvalue weighted by molar-refractivity contribution is 0.555. The third-order valence-corrected chi connectivity index (χ3v) is 3.16. The van der Waals surface area contributed by atoms with Crippen LogP contribution in [0.15, 0.2) is 18.5 Å². The van der Waals surface area contributed by atoms with Gasteiger partial charge in [0.05, 0.1) is 6.54 Å². The molecule has 0 saturated heterocycles. The first-order valence-electron chi connectivity index (χ1n) is 6.14. The number of aromatic nitrogens is 4. The van der Waals surface area contributed by atoms with Crippen LogP contribution >= 0.6 is 0 Å². The number of nitrogens with zero attached hydrogens (tertiary/aromatic N) is 5. The molecule has 2 aromatic rings. The smallest absolute Gasteiger partial charge is 0.134 e. The van der Waals surface area contributed by atoms with E-state index in [0.717, 1.165) is 43.5 Å². The van der Waals surface area contributed by atoms with Gasteiger partial charge in [0.2, 0.25) is 0 Å². The normalized spacial score (nSPS) is 14.6. The minimum atomic E-state index is 0.533. The van der Waals surface area contributed by atoms with Crippen LogP contribution in [0.1, 0.15) is 18.6 Å². The summed E-state index contributed by atoms with van der Waals surface area (Å²) in [7, 11) is 0. The SMILES string of the molecule is CCc1nc(N)cc(N2CCn3ccnc3C2)n1. The van der Waals surface area contributed by atoms with Crippen LogP contribution in [-0.2, 0) is 19.5 Å². The Hall–Kier alpha value is -2.11. The molecule has 0 bridgehead atoms. The van der Waals surface area contributed by atoms with Crippen molar-refractivity contribution in [3.05, 3.63) is 30.1 Å². The van der Waals surface area contributed by atoms with E-state index in [0.29, 0.717) is 5.82 Å². The zero-order chi connectivity index (χ0) is 12.5. The van der Waals surface area contributed by atoms with Crippen molar-refractivity contribution in [2.24, 2.45) is 0 Å². The Morgan fingerprint density at radius 2 is 2.22 bits per heavy atom. The van der Waals surface area contributed by atoms with Crippen molar-refractivity contribution >= 4 is 11.6 Å². The van der Waals surface area contributed by atoms with Crippen molar-refractivity contribution < 1.29 is 0 Å². The van der Waals surface area contributed by atoms with Gasteiger partial charge in [0, 0.05) is 38.0 Å². The molecule has 0 fully saturated rings. The minimum absolute atomic E-state index is 0.533. The molecule has 1 aliphatic rings. The highest BCUT2D eigenvalue weighted by Crippen LogP contribution is 2.19. The summed E-state index contributed by atoms with van der Waals surface area (Å²) in [5, 5.41) is 0. The predicted molar refractivity (Wildman–Crippen MR) is 69.1 cm³/mol. The summed E-state index contributed by atoms with van der Waals surface area (Å²) in [6, 6.07) is 1.83. The van der Waals surface area contributed by atoms with E-state index in [-0.39, 0.29) is 0 Å². The molecule has 1 aliphatic heterocycles. The summed E-state index contributed by atoms with van der Waals surface area (Å²) in [6.45, 7) is 4.65. The summed E-state index contributed by atoms with van der Waals surface area (Å²) in [6.07, 6.45) is 4.64. The van der Waals surface area contributed by atoms with Gasteiger partial charge in [0.1, 0.15) is 23.3 Å². The first kappa shape index (κ1) is 11.0. The van der Waals surface area contributed by atoms with Crippen molar-refractivity contribution in [3.63, 3.8) is 0 Å². The van der Waals surface area contributed by atoms with Crippen LogP contribution < -0.4 is 10.6 Å².